The average molecular weight is 329 g/mol. The number of carbonyl (C=O) groups excluding carboxylic acids is 1. The topological polar surface area (TPSA) is 66.7 Å². The summed E-state index contributed by atoms with van der Waals surface area (Å²) in [5.74, 6) is -0.688. The van der Waals surface area contributed by atoms with Crippen LogP contribution in [0.3, 0.4) is 0 Å². The first-order valence-corrected chi connectivity index (χ1v) is 7.59. The van der Waals surface area contributed by atoms with Gasteiger partial charge in [-0.1, -0.05) is 18.2 Å². The van der Waals surface area contributed by atoms with Gasteiger partial charge in [0.25, 0.3) is 11.6 Å². The summed E-state index contributed by atoms with van der Waals surface area (Å²) in [7, 11) is 0. The van der Waals surface area contributed by atoms with E-state index in [-0.39, 0.29) is 11.6 Å². The molecule has 1 aliphatic rings. The van der Waals surface area contributed by atoms with Gasteiger partial charge in [-0.2, -0.15) is 0 Å². The number of amides is 1. The van der Waals surface area contributed by atoms with Gasteiger partial charge in [-0.15, -0.1) is 0 Å². The summed E-state index contributed by atoms with van der Waals surface area (Å²) in [5, 5.41) is 11.1. The van der Waals surface area contributed by atoms with Crippen molar-refractivity contribution < 1.29 is 14.1 Å². The van der Waals surface area contributed by atoms with E-state index < -0.39 is 10.7 Å². The maximum absolute atomic E-state index is 13.3. The van der Waals surface area contributed by atoms with E-state index >= 15 is 0 Å². The molecule has 0 spiro atoms. The number of nitro benzene ring substituents is 1. The fourth-order valence-electron chi connectivity index (χ4n) is 2.82. The average Bonchev–Trinajstić information content (AvgIpc) is 2.62. The lowest BCUT2D eigenvalue weighted by Gasteiger charge is -2.35. The van der Waals surface area contributed by atoms with Gasteiger partial charge in [0.05, 0.1) is 11.0 Å². The maximum Gasteiger partial charge on any atom is 0.295 e. The number of piperazine rings is 1. The highest BCUT2D eigenvalue weighted by Crippen LogP contribution is 2.29. The molecule has 6 nitrogen and oxygen atoms in total. The number of rotatable bonds is 3. The molecule has 0 bridgehead atoms. The van der Waals surface area contributed by atoms with Crippen molar-refractivity contribution in [3.8, 4) is 0 Å². The standard InChI is InChI=1S/C17H16FN3O3/c18-14-6-7-15(16(12-14)21(23)24)19-8-10-20(11-9-19)17(22)13-4-2-1-3-5-13/h1-7,12H,8-11H2. The molecule has 0 atom stereocenters. The third kappa shape index (κ3) is 3.19. The molecule has 0 saturated carbocycles. The quantitative estimate of drug-likeness (QED) is 0.641. The molecule has 1 amide bonds. The number of halogens is 1. The number of nitrogens with zero attached hydrogens (tertiary/aromatic N) is 3. The number of benzene rings is 2. The maximum atomic E-state index is 13.3. The fourth-order valence-corrected chi connectivity index (χ4v) is 2.82. The first-order valence-electron chi connectivity index (χ1n) is 7.59. The largest absolute Gasteiger partial charge is 0.362 e. The normalized spacial score (nSPS) is 14.5. The SMILES string of the molecule is O=C(c1ccccc1)N1CCN(c2ccc(F)cc2[N+](=O)[O-])CC1. The first kappa shape index (κ1) is 15.9. The van der Waals surface area contributed by atoms with Gasteiger partial charge in [-0.25, -0.2) is 4.39 Å². The number of nitro groups is 1. The van der Waals surface area contributed by atoms with Crippen LogP contribution in [0.4, 0.5) is 15.8 Å². The molecule has 2 aromatic rings. The molecule has 1 aliphatic heterocycles. The van der Waals surface area contributed by atoms with Crippen LogP contribution in [-0.2, 0) is 0 Å². The van der Waals surface area contributed by atoms with E-state index in [0.29, 0.717) is 37.4 Å². The van der Waals surface area contributed by atoms with Crippen molar-refractivity contribution in [2.75, 3.05) is 31.1 Å². The summed E-state index contributed by atoms with van der Waals surface area (Å²) in [6, 6.07) is 12.6. The van der Waals surface area contributed by atoms with Gasteiger partial charge in [0, 0.05) is 31.7 Å². The highest BCUT2D eigenvalue weighted by Gasteiger charge is 2.26. The molecule has 0 aliphatic carbocycles. The third-order valence-corrected chi connectivity index (χ3v) is 4.06. The van der Waals surface area contributed by atoms with Crippen molar-refractivity contribution in [2.24, 2.45) is 0 Å². The van der Waals surface area contributed by atoms with E-state index in [0.717, 1.165) is 6.07 Å². The summed E-state index contributed by atoms with van der Waals surface area (Å²) in [6.07, 6.45) is 0. The van der Waals surface area contributed by atoms with E-state index in [1.165, 1.54) is 12.1 Å². The molecule has 3 rings (SSSR count). The highest BCUT2D eigenvalue weighted by molar-refractivity contribution is 5.94. The van der Waals surface area contributed by atoms with Crippen LogP contribution in [0, 0.1) is 15.9 Å². The Balaban J connectivity index is 1.72. The fraction of sp³-hybridized carbons (Fsp3) is 0.235. The molecule has 1 heterocycles. The zero-order valence-electron chi connectivity index (χ0n) is 12.9. The Kier molecular flexibility index (Phi) is 4.41. The molecule has 24 heavy (non-hydrogen) atoms. The molecule has 0 aromatic heterocycles. The first-order chi connectivity index (χ1) is 11.6. The Morgan fingerprint density at radius 1 is 1.04 bits per heavy atom. The van der Waals surface area contributed by atoms with Crippen molar-refractivity contribution in [2.45, 2.75) is 0 Å². The van der Waals surface area contributed by atoms with Crippen molar-refractivity contribution in [1.82, 2.24) is 4.90 Å². The van der Waals surface area contributed by atoms with Gasteiger partial charge in [0.1, 0.15) is 11.5 Å². The van der Waals surface area contributed by atoms with Crippen LogP contribution in [0.25, 0.3) is 0 Å². The van der Waals surface area contributed by atoms with Crippen LogP contribution >= 0.6 is 0 Å². The van der Waals surface area contributed by atoms with Gasteiger partial charge >= 0.3 is 0 Å². The third-order valence-electron chi connectivity index (χ3n) is 4.06. The molecule has 7 heteroatoms. The molecule has 2 aromatic carbocycles. The van der Waals surface area contributed by atoms with Crippen LogP contribution in [0.5, 0.6) is 0 Å². The smallest absolute Gasteiger partial charge is 0.295 e. The molecule has 0 N–H and O–H groups in total. The molecule has 0 unspecified atom stereocenters. The van der Waals surface area contributed by atoms with Crippen LogP contribution < -0.4 is 4.90 Å². The van der Waals surface area contributed by atoms with E-state index in [1.807, 2.05) is 23.1 Å². The van der Waals surface area contributed by atoms with E-state index in [2.05, 4.69) is 0 Å². The molecular weight excluding hydrogens is 313 g/mol. The number of anilines is 1. The van der Waals surface area contributed by atoms with Crippen molar-refractivity contribution in [1.29, 1.82) is 0 Å². The van der Waals surface area contributed by atoms with Gasteiger partial charge in [-0.3, -0.25) is 14.9 Å². The molecule has 0 radical (unpaired) electrons. The monoisotopic (exact) mass is 329 g/mol. The minimum atomic E-state index is -0.636. The van der Waals surface area contributed by atoms with Gasteiger partial charge in [-0.05, 0) is 24.3 Å². The van der Waals surface area contributed by atoms with Crippen LogP contribution in [0.15, 0.2) is 48.5 Å². The van der Waals surface area contributed by atoms with Gasteiger partial charge in [0.2, 0.25) is 0 Å². The van der Waals surface area contributed by atoms with Crippen LogP contribution in [0.2, 0.25) is 0 Å². The van der Waals surface area contributed by atoms with Crippen LogP contribution in [-0.4, -0.2) is 41.9 Å². The molecule has 1 fully saturated rings. The second-order valence-corrected chi connectivity index (χ2v) is 5.54. The Morgan fingerprint density at radius 2 is 1.71 bits per heavy atom. The van der Waals surface area contributed by atoms with Crippen molar-refractivity contribution >= 4 is 17.3 Å². The van der Waals surface area contributed by atoms with Crippen LogP contribution in [0.1, 0.15) is 10.4 Å². The predicted octanol–water partition coefficient (Wildman–Crippen LogP) is 2.70. The number of carbonyl (C=O) groups is 1. The lowest BCUT2D eigenvalue weighted by Crippen LogP contribution is -2.49. The summed E-state index contributed by atoms with van der Waals surface area (Å²) in [4.78, 5) is 26.5. The minimum absolute atomic E-state index is 0.0520. The Labute approximate surface area is 138 Å². The van der Waals surface area contributed by atoms with Crippen molar-refractivity contribution in [3.05, 3.63) is 70.0 Å². The summed E-state index contributed by atoms with van der Waals surface area (Å²) in [5.41, 5.74) is 0.754. The van der Waals surface area contributed by atoms with Gasteiger partial charge in [0.15, 0.2) is 0 Å². The number of hydrogen-bond acceptors (Lipinski definition) is 4. The van der Waals surface area contributed by atoms with E-state index in [1.54, 1.807) is 17.0 Å². The van der Waals surface area contributed by atoms with Crippen molar-refractivity contribution in [3.63, 3.8) is 0 Å². The molecular formula is C17H16FN3O3. The molecule has 1 saturated heterocycles. The summed E-state index contributed by atoms with van der Waals surface area (Å²) < 4.78 is 13.3. The molecule has 124 valence electrons. The minimum Gasteiger partial charge on any atom is -0.362 e. The van der Waals surface area contributed by atoms with Gasteiger partial charge < -0.3 is 9.80 Å². The summed E-state index contributed by atoms with van der Waals surface area (Å²) >= 11 is 0. The zero-order chi connectivity index (χ0) is 17.1. The number of hydrogen-bond donors (Lipinski definition) is 0. The Hall–Kier alpha value is -2.96. The predicted molar refractivity (Wildman–Crippen MR) is 87.6 cm³/mol. The Morgan fingerprint density at radius 3 is 2.33 bits per heavy atom. The summed E-state index contributed by atoms with van der Waals surface area (Å²) in [6.45, 7) is 1.85. The second-order valence-electron chi connectivity index (χ2n) is 5.54. The zero-order valence-corrected chi connectivity index (χ0v) is 12.9. The lowest BCUT2D eigenvalue weighted by atomic mass is 10.1. The van der Waals surface area contributed by atoms with E-state index in [9.17, 15) is 19.3 Å². The highest BCUT2D eigenvalue weighted by atomic mass is 19.1. The van der Waals surface area contributed by atoms with E-state index in [4.69, 9.17) is 0 Å². The second kappa shape index (κ2) is 6.66. The lowest BCUT2D eigenvalue weighted by molar-refractivity contribution is -0.384. The Bertz CT molecular complexity index is 759.